The van der Waals surface area contributed by atoms with Gasteiger partial charge in [0, 0.05) is 5.92 Å². The van der Waals surface area contributed by atoms with Gasteiger partial charge in [0.2, 0.25) is 0 Å². The highest BCUT2D eigenvalue weighted by molar-refractivity contribution is 6.32. The number of ketones is 1. The predicted molar refractivity (Wildman–Crippen MR) is 52.6 cm³/mol. The van der Waals surface area contributed by atoms with Gasteiger partial charge in [-0.05, 0) is 26.3 Å². The first-order valence-electron chi connectivity index (χ1n) is 4.61. The number of hydrogen-bond acceptors (Lipinski definition) is 3. The summed E-state index contributed by atoms with van der Waals surface area (Å²) in [5, 5.41) is 0. The first-order valence-corrected chi connectivity index (χ1v) is 4.61. The summed E-state index contributed by atoms with van der Waals surface area (Å²) in [6.45, 7) is 4.55. The summed E-state index contributed by atoms with van der Waals surface area (Å²) in [5.41, 5.74) is 1.24. The molecule has 0 fully saturated rings. The molecule has 0 saturated carbocycles. The minimum absolute atomic E-state index is 0.201. The number of carbonyl (C=O) groups is 2. The average molecular weight is 194 g/mol. The van der Waals surface area contributed by atoms with Crippen LogP contribution in [0.5, 0.6) is 0 Å². The normalized spacial score (nSPS) is 19.6. The molecule has 3 nitrogen and oxygen atoms in total. The van der Waals surface area contributed by atoms with E-state index in [-0.39, 0.29) is 18.0 Å². The van der Waals surface area contributed by atoms with Gasteiger partial charge in [-0.25, -0.2) is 0 Å². The van der Waals surface area contributed by atoms with E-state index in [9.17, 15) is 9.59 Å². The lowest BCUT2D eigenvalue weighted by molar-refractivity contribution is -0.129. The largest absolute Gasteiger partial charge is 0.489 e. The SMILES string of the molecule is CC(C)=CCC1C=C(C(=O)C=O)OC1. The molecule has 1 rings (SSSR count). The van der Waals surface area contributed by atoms with Crippen LogP contribution in [0.4, 0.5) is 0 Å². The molecule has 76 valence electrons. The van der Waals surface area contributed by atoms with Crippen molar-refractivity contribution >= 4 is 12.1 Å². The lowest BCUT2D eigenvalue weighted by Gasteiger charge is -2.01. The van der Waals surface area contributed by atoms with Gasteiger partial charge < -0.3 is 4.74 Å². The summed E-state index contributed by atoms with van der Waals surface area (Å²) in [6.07, 6.45) is 4.97. The van der Waals surface area contributed by atoms with Gasteiger partial charge in [-0.15, -0.1) is 0 Å². The number of rotatable bonds is 4. The van der Waals surface area contributed by atoms with Crippen molar-refractivity contribution in [3.63, 3.8) is 0 Å². The van der Waals surface area contributed by atoms with E-state index >= 15 is 0 Å². The second-order valence-electron chi connectivity index (χ2n) is 3.60. The highest BCUT2D eigenvalue weighted by Crippen LogP contribution is 2.20. The Morgan fingerprint density at radius 3 is 2.93 bits per heavy atom. The molecule has 1 atom stereocenters. The fourth-order valence-electron chi connectivity index (χ4n) is 1.24. The third-order valence-corrected chi connectivity index (χ3v) is 2.02. The second-order valence-corrected chi connectivity index (χ2v) is 3.60. The summed E-state index contributed by atoms with van der Waals surface area (Å²) in [7, 11) is 0. The van der Waals surface area contributed by atoms with E-state index in [1.165, 1.54) is 5.57 Å². The van der Waals surface area contributed by atoms with E-state index < -0.39 is 5.78 Å². The zero-order valence-corrected chi connectivity index (χ0v) is 8.45. The summed E-state index contributed by atoms with van der Waals surface area (Å²) >= 11 is 0. The maximum atomic E-state index is 10.9. The van der Waals surface area contributed by atoms with Crippen LogP contribution in [0.25, 0.3) is 0 Å². The van der Waals surface area contributed by atoms with Crippen LogP contribution in [-0.4, -0.2) is 18.7 Å². The molecular weight excluding hydrogens is 180 g/mol. The predicted octanol–water partition coefficient (Wildman–Crippen LogP) is 1.64. The Hall–Kier alpha value is -1.38. The molecule has 1 aliphatic heterocycles. The Labute approximate surface area is 83.4 Å². The van der Waals surface area contributed by atoms with Crippen LogP contribution in [0.2, 0.25) is 0 Å². The number of aldehydes is 1. The molecule has 0 radical (unpaired) electrons. The molecule has 14 heavy (non-hydrogen) atoms. The smallest absolute Gasteiger partial charge is 0.259 e. The molecule has 0 bridgehead atoms. The van der Waals surface area contributed by atoms with Crippen molar-refractivity contribution in [3.8, 4) is 0 Å². The Kier molecular flexibility index (Phi) is 3.63. The Bertz CT molecular complexity index is 296. The molecular formula is C11H14O3. The molecule has 0 saturated heterocycles. The summed E-state index contributed by atoms with van der Waals surface area (Å²) in [5.74, 6) is -0.138. The van der Waals surface area contributed by atoms with E-state index in [0.717, 1.165) is 6.42 Å². The molecule has 0 spiro atoms. The maximum Gasteiger partial charge on any atom is 0.259 e. The molecule has 1 heterocycles. The first kappa shape index (κ1) is 10.7. The lowest BCUT2D eigenvalue weighted by atomic mass is 10.1. The molecule has 0 aliphatic carbocycles. The number of ether oxygens (including phenoxy) is 1. The second kappa shape index (κ2) is 4.74. The average Bonchev–Trinajstić information content (AvgIpc) is 2.62. The van der Waals surface area contributed by atoms with Crippen molar-refractivity contribution in [3.05, 3.63) is 23.5 Å². The quantitative estimate of drug-likeness (QED) is 0.388. The van der Waals surface area contributed by atoms with E-state index in [0.29, 0.717) is 6.61 Å². The van der Waals surface area contributed by atoms with Crippen LogP contribution >= 0.6 is 0 Å². The number of hydrogen-bond donors (Lipinski definition) is 0. The van der Waals surface area contributed by atoms with Crippen LogP contribution in [0.1, 0.15) is 20.3 Å². The summed E-state index contributed by atoms with van der Waals surface area (Å²) in [6, 6.07) is 0. The van der Waals surface area contributed by atoms with Crippen molar-refractivity contribution in [2.24, 2.45) is 5.92 Å². The standard InChI is InChI=1S/C11H14O3/c1-8(2)3-4-9-5-11(14-7-9)10(13)6-12/h3,5-6,9H,4,7H2,1-2H3. The Morgan fingerprint density at radius 2 is 2.36 bits per heavy atom. The van der Waals surface area contributed by atoms with Gasteiger partial charge in [-0.1, -0.05) is 11.6 Å². The van der Waals surface area contributed by atoms with E-state index in [2.05, 4.69) is 6.08 Å². The van der Waals surface area contributed by atoms with E-state index in [4.69, 9.17) is 4.74 Å². The van der Waals surface area contributed by atoms with Gasteiger partial charge in [-0.3, -0.25) is 9.59 Å². The molecule has 0 N–H and O–H groups in total. The third kappa shape index (κ3) is 2.83. The lowest BCUT2D eigenvalue weighted by Crippen LogP contribution is -2.03. The topological polar surface area (TPSA) is 43.4 Å². The van der Waals surface area contributed by atoms with Crippen LogP contribution in [0, 0.1) is 5.92 Å². The van der Waals surface area contributed by atoms with Gasteiger partial charge in [-0.2, -0.15) is 0 Å². The number of allylic oxidation sites excluding steroid dienone is 3. The fourth-order valence-corrected chi connectivity index (χ4v) is 1.24. The minimum atomic E-state index is -0.565. The summed E-state index contributed by atoms with van der Waals surface area (Å²) < 4.78 is 5.10. The van der Waals surface area contributed by atoms with Crippen LogP contribution in [0.3, 0.4) is 0 Å². The van der Waals surface area contributed by atoms with E-state index in [1.54, 1.807) is 6.08 Å². The minimum Gasteiger partial charge on any atom is -0.489 e. The number of Topliss-reactive ketones (excluding diaryl/α,β-unsaturated/α-hetero) is 1. The highest BCUT2D eigenvalue weighted by Gasteiger charge is 2.20. The molecule has 0 aromatic heterocycles. The monoisotopic (exact) mass is 194 g/mol. The molecule has 1 aliphatic rings. The molecule has 3 heteroatoms. The van der Waals surface area contributed by atoms with Gasteiger partial charge in [0.05, 0.1) is 6.61 Å². The van der Waals surface area contributed by atoms with Crippen LogP contribution in [0.15, 0.2) is 23.5 Å². The zero-order valence-electron chi connectivity index (χ0n) is 8.45. The summed E-state index contributed by atoms with van der Waals surface area (Å²) in [4.78, 5) is 21.1. The van der Waals surface area contributed by atoms with Gasteiger partial charge in [0.15, 0.2) is 12.0 Å². The van der Waals surface area contributed by atoms with E-state index in [1.807, 2.05) is 13.8 Å². The molecule has 1 unspecified atom stereocenters. The third-order valence-electron chi connectivity index (χ3n) is 2.02. The fraction of sp³-hybridized carbons (Fsp3) is 0.455. The van der Waals surface area contributed by atoms with Gasteiger partial charge >= 0.3 is 0 Å². The van der Waals surface area contributed by atoms with Gasteiger partial charge in [0.1, 0.15) is 0 Å². The zero-order chi connectivity index (χ0) is 10.6. The first-order chi connectivity index (χ1) is 6.63. The van der Waals surface area contributed by atoms with Crippen LogP contribution < -0.4 is 0 Å². The van der Waals surface area contributed by atoms with Crippen molar-refractivity contribution in [1.29, 1.82) is 0 Å². The molecule has 0 aromatic carbocycles. The molecule has 0 amide bonds. The molecule has 0 aromatic rings. The van der Waals surface area contributed by atoms with Crippen molar-refractivity contribution in [2.75, 3.05) is 6.61 Å². The van der Waals surface area contributed by atoms with Crippen molar-refractivity contribution < 1.29 is 14.3 Å². The van der Waals surface area contributed by atoms with Crippen molar-refractivity contribution in [1.82, 2.24) is 0 Å². The van der Waals surface area contributed by atoms with Crippen LogP contribution in [-0.2, 0) is 14.3 Å². The Balaban J connectivity index is 2.54. The van der Waals surface area contributed by atoms with Gasteiger partial charge in [0.25, 0.3) is 5.78 Å². The maximum absolute atomic E-state index is 10.9. The number of carbonyl (C=O) groups excluding carboxylic acids is 2. The van der Waals surface area contributed by atoms with Crippen molar-refractivity contribution in [2.45, 2.75) is 20.3 Å². The Morgan fingerprint density at radius 1 is 1.64 bits per heavy atom. The highest BCUT2D eigenvalue weighted by atomic mass is 16.5.